The number of piperidine rings is 1. The number of amides is 1. The third-order valence-corrected chi connectivity index (χ3v) is 4.54. The molecule has 2 aliphatic rings. The first-order chi connectivity index (χ1) is 9.97. The Morgan fingerprint density at radius 1 is 1.43 bits per heavy atom. The number of rotatable bonds is 2. The molecule has 2 saturated heterocycles. The molecule has 0 aromatic heterocycles. The summed E-state index contributed by atoms with van der Waals surface area (Å²) in [7, 11) is 1.77. The number of phenolic OH excluding ortho intramolecular Hbond substituents is 1. The average Bonchev–Trinajstić information content (AvgIpc) is 2.67. The first kappa shape index (κ1) is 14.5. The highest BCUT2D eigenvalue weighted by atomic mass is 35.5. The van der Waals surface area contributed by atoms with E-state index in [0.29, 0.717) is 18.1 Å². The van der Waals surface area contributed by atoms with Crippen molar-refractivity contribution < 1.29 is 14.6 Å². The minimum absolute atomic E-state index is 0.171. The zero-order valence-corrected chi connectivity index (χ0v) is 12.8. The van der Waals surface area contributed by atoms with Crippen molar-refractivity contribution >= 4 is 17.7 Å². The Hall–Kier alpha value is -1.46. The normalized spacial score (nSPS) is 26.4. The van der Waals surface area contributed by atoms with Gasteiger partial charge in [-0.25, -0.2) is 4.79 Å². The number of likely N-dealkylation sites (tertiary alicyclic amines) is 1. The minimum atomic E-state index is -0.381. The molecule has 1 atom stereocenters. The van der Waals surface area contributed by atoms with Crippen molar-refractivity contribution in [1.82, 2.24) is 9.80 Å². The van der Waals surface area contributed by atoms with E-state index in [9.17, 15) is 9.90 Å². The molecule has 1 aromatic carbocycles. The van der Waals surface area contributed by atoms with Crippen molar-refractivity contribution in [3.63, 3.8) is 0 Å². The van der Waals surface area contributed by atoms with Crippen LogP contribution in [0.4, 0.5) is 4.79 Å². The lowest BCUT2D eigenvalue weighted by Crippen LogP contribution is -2.50. The second kappa shape index (κ2) is 5.39. The van der Waals surface area contributed by atoms with Gasteiger partial charge in [-0.2, -0.15) is 0 Å². The molecule has 5 nitrogen and oxygen atoms in total. The maximum absolute atomic E-state index is 11.6. The minimum Gasteiger partial charge on any atom is -0.508 e. The Bertz CT molecular complexity index is 566. The van der Waals surface area contributed by atoms with Gasteiger partial charge in [0.25, 0.3) is 0 Å². The number of hydrogen-bond acceptors (Lipinski definition) is 4. The number of benzene rings is 1. The monoisotopic (exact) mass is 310 g/mol. The van der Waals surface area contributed by atoms with Gasteiger partial charge in [-0.05, 0) is 37.1 Å². The van der Waals surface area contributed by atoms with E-state index < -0.39 is 0 Å². The van der Waals surface area contributed by atoms with E-state index in [1.165, 1.54) is 0 Å². The molecule has 114 valence electrons. The highest BCUT2D eigenvalue weighted by molar-refractivity contribution is 6.31. The van der Waals surface area contributed by atoms with Crippen molar-refractivity contribution in [3.8, 4) is 5.75 Å². The average molecular weight is 311 g/mol. The van der Waals surface area contributed by atoms with Crippen molar-refractivity contribution in [1.29, 1.82) is 0 Å². The third-order valence-electron chi connectivity index (χ3n) is 4.19. The molecule has 1 spiro atoms. The van der Waals surface area contributed by atoms with Gasteiger partial charge in [0.05, 0.1) is 6.54 Å². The van der Waals surface area contributed by atoms with E-state index in [1.807, 2.05) is 6.07 Å². The zero-order valence-electron chi connectivity index (χ0n) is 12.0. The molecule has 2 aliphatic heterocycles. The van der Waals surface area contributed by atoms with Gasteiger partial charge in [0.15, 0.2) is 0 Å². The number of aromatic hydroxyl groups is 1. The second-order valence-corrected chi connectivity index (χ2v) is 6.40. The quantitative estimate of drug-likeness (QED) is 0.911. The summed E-state index contributed by atoms with van der Waals surface area (Å²) in [6, 6.07) is 5.04. The maximum atomic E-state index is 11.6. The first-order valence-corrected chi connectivity index (χ1v) is 7.49. The van der Waals surface area contributed by atoms with Gasteiger partial charge < -0.3 is 14.7 Å². The lowest BCUT2D eigenvalue weighted by atomic mass is 9.92. The number of ether oxygens (including phenoxy) is 1. The van der Waals surface area contributed by atoms with Crippen LogP contribution in [0.5, 0.6) is 5.75 Å². The summed E-state index contributed by atoms with van der Waals surface area (Å²) in [4.78, 5) is 15.5. The predicted molar refractivity (Wildman–Crippen MR) is 79.5 cm³/mol. The summed E-state index contributed by atoms with van der Waals surface area (Å²) < 4.78 is 5.59. The maximum Gasteiger partial charge on any atom is 0.410 e. The number of hydrogen-bond donors (Lipinski definition) is 1. The van der Waals surface area contributed by atoms with Gasteiger partial charge in [-0.15, -0.1) is 0 Å². The molecule has 2 heterocycles. The molecule has 0 saturated carbocycles. The molecule has 21 heavy (non-hydrogen) atoms. The van der Waals surface area contributed by atoms with E-state index >= 15 is 0 Å². The summed E-state index contributed by atoms with van der Waals surface area (Å²) in [5.74, 6) is 0.171. The molecule has 3 rings (SSSR count). The largest absolute Gasteiger partial charge is 0.508 e. The topological polar surface area (TPSA) is 53.0 Å². The van der Waals surface area contributed by atoms with Gasteiger partial charge in [-0.1, -0.05) is 17.7 Å². The van der Waals surface area contributed by atoms with E-state index in [0.717, 1.165) is 31.5 Å². The van der Waals surface area contributed by atoms with Crippen LogP contribution in [0.2, 0.25) is 5.02 Å². The van der Waals surface area contributed by atoms with Crippen LogP contribution >= 0.6 is 11.6 Å². The van der Waals surface area contributed by atoms with E-state index in [1.54, 1.807) is 24.1 Å². The van der Waals surface area contributed by atoms with Crippen molar-refractivity contribution in [2.75, 3.05) is 26.7 Å². The van der Waals surface area contributed by atoms with Crippen molar-refractivity contribution in [2.24, 2.45) is 0 Å². The lowest BCUT2D eigenvalue weighted by Gasteiger charge is -2.38. The van der Waals surface area contributed by atoms with Crippen LogP contribution < -0.4 is 0 Å². The molecular formula is C15H19ClN2O3. The van der Waals surface area contributed by atoms with E-state index in [4.69, 9.17) is 16.3 Å². The molecular weight excluding hydrogens is 292 g/mol. The Kier molecular flexibility index (Phi) is 3.71. The second-order valence-electron chi connectivity index (χ2n) is 6.00. The molecule has 0 aliphatic carbocycles. The number of nitrogens with zero attached hydrogens (tertiary/aromatic N) is 2. The third kappa shape index (κ3) is 2.94. The molecule has 1 amide bonds. The molecule has 0 unspecified atom stereocenters. The molecule has 0 radical (unpaired) electrons. The fourth-order valence-corrected chi connectivity index (χ4v) is 3.47. The summed E-state index contributed by atoms with van der Waals surface area (Å²) >= 11 is 6.17. The Balaban J connectivity index is 1.71. The van der Waals surface area contributed by atoms with Crippen LogP contribution in [0.3, 0.4) is 0 Å². The van der Waals surface area contributed by atoms with Crippen molar-refractivity contribution in [3.05, 3.63) is 28.8 Å². The van der Waals surface area contributed by atoms with Crippen LogP contribution in [0.25, 0.3) is 0 Å². The zero-order chi connectivity index (χ0) is 15.0. The summed E-state index contributed by atoms with van der Waals surface area (Å²) in [6.07, 6.45) is 1.67. The smallest absolute Gasteiger partial charge is 0.410 e. The van der Waals surface area contributed by atoms with Gasteiger partial charge in [0.1, 0.15) is 11.4 Å². The van der Waals surface area contributed by atoms with Crippen LogP contribution in [-0.2, 0) is 11.3 Å². The SMILES string of the molecule is CN1C[C@]2(CCCN(Cc3ccc(O)cc3Cl)C2)OC1=O. The van der Waals surface area contributed by atoms with Crippen LogP contribution in [0, 0.1) is 0 Å². The Labute approximate surface area is 129 Å². The van der Waals surface area contributed by atoms with Gasteiger partial charge >= 0.3 is 6.09 Å². The standard InChI is InChI=1S/C15H19ClN2O3/c1-17-9-15(21-14(17)20)5-2-6-18(10-15)8-11-3-4-12(19)7-13(11)16/h3-4,7,19H,2,5-6,8-10H2,1H3/t15-/m0/s1. The van der Waals surface area contributed by atoms with Crippen LogP contribution in [0.1, 0.15) is 18.4 Å². The number of phenols is 1. The fraction of sp³-hybridized carbons (Fsp3) is 0.533. The molecule has 2 fully saturated rings. The van der Waals surface area contributed by atoms with Gasteiger partial charge in [0, 0.05) is 25.2 Å². The molecule has 1 N–H and O–H groups in total. The van der Waals surface area contributed by atoms with Crippen molar-refractivity contribution in [2.45, 2.75) is 25.0 Å². The Morgan fingerprint density at radius 3 is 2.90 bits per heavy atom. The summed E-state index contributed by atoms with van der Waals surface area (Å²) in [5.41, 5.74) is 0.595. The number of likely N-dealkylation sites (N-methyl/N-ethyl adjacent to an activating group) is 1. The number of halogens is 1. The summed E-state index contributed by atoms with van der Waals surface area (Å²) in [6.45, 7) is 3.02. The first-order valence-electron chi connectivity index (χ1n) is 7.11. The Morgan fingerprint density at radius 2 is 2.24 bits per heavy atom. The molecule has 0 bridgehead atoms. The van der Waals surface area contributed by atoms with Gasteiger partial charge in [-0.3, -0.25) is 4.90 Å². The predicted octanol–water partition coefficient (Wildman–Crippen LogP) is 2.46. The molecule has 1 aromatic rings. The van der Waals surface area contributed by atoms with E-state index in [-0.39, 0.29) is 17.4 Å². The van der Waals surface area contributed by atoms with E-state index in [2.05, 4.69) is 4.90 Å². The fourth-order valence-electron chi connectivity index (χ4n) is 3.24. The van der Waals surface area contributed by atoms with Crippen LogP contribution in [-0.4, -0.2) is 53.3 Å². The lowest BCUT2D eigenvalue weighted by molar-refractivity contribution is -0.0113. The number of carbonyl (C=O) groups is 1. The highest BCUT2D eigenvalue weighted by Crippen LogP contribution is 2.32. The number of carbonyl (C=O) groups excluding carboxylic acids is 1. The van der Waals surface area contributed by atoms with Crippen LogP contribution in [0.15, 0.2) is 18.2 Å². The highest BCUT2D eigenvalue weighted by Gasteiger charge is 2.46. The summed E-state index contributed by atoms with van der Waals surface area (Å²) in [5, 5.41) is 9.97. The van der Waals surface area contributed by atoms with Gasteiger partial charge in [0.2, 0.25) is 0 Å². The molecule has 6 heteroatoms.